The minimum atomic E-state index is -0.443. The summed E-state index contributed by atoms with van der Waals surface area (Å²) in [6, 6.07) is 9.62. The molecular formula is C13H18O2. The molecule has 0 bridgehead atoms. The van der Waals surface area contributed by atoms with Gasteiger partial charge in [0.05, 0.1) is 6.10 Å². The first-order valence-electron chi connectivity index (χ1n) is 5.23. The fraction of sp³-hybridized carbons (Fsp3) is 0.385. The molecule has 15 heavy (non-hydrogen) atoms. The maximum Gasteiger partial charge on any atom is 0.0827 e. The molecule has 0 aliphatic heterocycles. The summed E-state index contributed by atoms with van der Waals surface area (Å²) in [4.78, 5) is 0. The molecule has 0 aromatic heterocycles. The third kappa shape index (κ3) is 4.28. The Hall–Kier alpha value is -1.12. The van der Waals surface area contributed by atoms with Gasteiger partial charge in [0, 0.05) is 6.61 Å². The molecule has 0 aliphatic rings. The topological polar surface area (TPSA) is 40.5 Å². The Labute approximate surface area is 90.9 Å². The highest BCUT2D eigenvalue weighted by Gasteiger charge is 2.06. The second-order valence-electron chi connectivity index (χ2n) is 3.69. The summed E-state index contributed by atoms with van der Waals surface area (Å²) in [5.74, 6) is 0. The first-order chi connectivity index (χ1) is 7.24. The third-order valence-corrected chi connectivity index (χ3v) is 2.32. The van der Waals surface area contributed by atoms with E-state index in [1.54, 1.807) is 0 Å². The normalized spacial score (nSPS) is 13.9. The summed E-state index contributed by atoms with van der Waals surface area (Å²) in [5, 5.41) is 18.5. The van der Waals surface area contributed by atoms with Gasteiger partial charge in [-0.1, -0.05) is 42.0 Å². The van der Waals surface area contributed by atoms with Crippen LogP contribution in [0, 0.1) is 0 Å². The number of hydrogen-bond acceptors (Lipinski definition) is 2. The van der Waals surface area contributed by atoms with Crippen LogP contribution in [0.1, 0.15) is 31.4 Å². The van der Waals surface area contributed by atoms with Crippen LogP contribution < -0.4 is 0 Å². The lowest BCUT2D eigenvalue weighted by atomic mass is 10.0. The molecule has 0 fully saturated rings. The van der Waals surface area contributed by atoms with Crippen molar-refractivity contribution in [2.45, 2.75) is 25.9 Å². The zero-order valence-corrected chi connectivity index (χ0v) is 9.06. The summed E-state index contributed by atoms with van der Waals surface area (Å²) in [7, 11) is 0. The molecule has 0 saturated carbocycles. The van der Waals surface area contributed by atoms with E-state index < -0.39 is 6.10 Å². The van der Waals surface area contributed by atoms with Crippen LogP contribution in [-0.4, -0.2) is 16.8 Å². The average Bonchev–Trinajstić information content (AvgIpc) is 2.27. The summed E-state index contributed by atoms with van der Waals surface area (Å²) in [6.45, 7) is 2.14. The molecule has 82 valence electrons. The van der Waals surface area contributed by atoms with Gasteiger partial charge >= 0.3 is 0 Å². The highest BCUT2D eigenvalue weighted by Crippen LogP contribution is 2.20. The molecule has 0 saturated heterocycles. The Morgan fingerprint density at radius 3 is 2.60 bits per heavy atom. The van der Waals surface area contributed by atoms with E-state index >= 15 is 0 Å². The summed E-state index contributed by atoms with van der Waals surface area (Å²) in [6.07, 6.45) is 2.81. The first-order valence-corrected chi connectivity index (χ1v) is 5.23. The Morgan fingerprint density at radius 1 is 1.33 bits per heavy atom. The predicted molar refractivity (Wildman–Crippen MR) is 61.5 cm³/mol. The third-order valence-electron chi connectivity index (χ3n) is 2.32. The molecule has 0 spiro atoms. The van der Waals surface area contributed by atoms with Crippen LogP contribution in [0.25, 0.3) is 0 Å². The van der Waals surface area contributed by atoms with Gasteiger partial charge in [-0.2, -0.15) is 0 Å². The van der Waals surface area contributed by atoms with E-state index in [0.29, 0.717) is 12.8 Å². The van der Waals surface area contributed by atoms with Crippen LogP contribution >= 0.6 is 0 Å². The van der Waals surface area contributed by atoms with Crippen molar-refractivity contribution in [3.63, 3.8) is 0 Å². The Morgan fingerprint density at radius 2 is 2.00 bits per heavy atom. The second-order valence-corrected chi connectivity index (χ2v) is 3.69. The molecule has 1 aromatic rings. The van der Waals surface area contributed by atoms with Gasteiger partial charge < -0.3 is 10.2 Å². The van der Waals surface area contributed by atoms with Crippen LogP contribution in [0.15, 0.2) is 42.0 Å². The van der Waals surface area contributed by atoms with Gasteiger partial charge in [-0.15, -0.1) is 0 Å². The number of benzene rings is 1. The smallest absolute Gasteiger partial charge is 0.0827 e. The van der Waals surface area contributed by atoms with Gasteiger partial charge in [-0.25, -0.2) is 0 Å². The number of aliphatic hydroxyl groups is 2. The molecule has 0 radical (unpaired) electrons. The van der Waals surface area contributed by atoms with Crippen LogP contribution in [0.5, 0.6) is 0 Å². The van der Waals surface area contributed by atoms with Crippen molar-refractivity contribution in [1.29, 1.82) is 0 Å². The lowest BCUT2D eigenvalue weighted by Gasteiger charge is -2.10. The highest BCUT2D eigenvalue weighted by atomic mass is 16.3. The number of aliphatic hydroxyl groups excluding tert-OH is 2. The molecular weight excluding hydrogens is 188 g/mol. The van der Waals surface area contributed by atoms with E-state index in [0.717, 1.165) is 11.1 Å². The zero-order valence-electron chi connectivity index (χ0n) is 9.06. The van der Waals surface area contributed by atoms with Crippen LogP contribution in [0.3, 0.4) is 0 Å². The maximum absolute atomic E-state index is 9.89. The van der Waals surface area contributed by atoms with Gasteiger partial charge in [0.1, 0.15) is 0 Å². The minimum Gasteiger partial charge on any atom is -0.396 e. The van der Waals surface area contributed by atoms with Crippen molar-refractivity contribution in [2.75, 3.05) is 6.61 Å². The molecule has 0 heterocycles. The molecule has 1 rings (SSSR count). The lowest BCUT2D eigenvalue weighted by molar-refractivity contribution is 0.178. The molecule has 0 aliphatic carbocycles. The molecule has 2 N–H and O–H groups in total. The van der Waals surface area contributed by atoms with Crippen LogP contribution in [-0.2, 0) is 0 Å². The molecule has 2 nitrogen and oxygen atoms in total. The maximum atomic E-state index is 9.89. The quantitative estimate of drug-likeness (QED) is 0.726. The SMILES string of the molecule is C/C(=C/CCO)C[C@H](O)c1ccccc1. The van der Waals surface area contributed by atoms with E-state index in [4.69, 9.17) is 5.11 Å². The van der Waals surface area contributed by atoms with Crippen LogP contribution in [0.4, 0.5) is 0 Å². The van der Waals surface area contributed by atoms with E-state index in [2.05, 4.69) is 0 Å². The monoisotopic (exact) mass is 206 g/mol. The largest absolute Gasteiger partial charge is 0.396 e. The Balaban J connectivity index is 2.52. The van der Waals surface area contributed by atoms with Gasteiger partial charge in [-0.05, 0) is 25.3 Å². The molecule has 0 unspecified atom stereocenters. The molecule has 1 atom stereocenters. The standard InChI is InChI=1S/C13H18O2/c1-11(6-5-9-14)10-13(15)12-7-3-2-4-8-12/h2-4,6-8,13-15H,5,9-10H2,1H3/b11-6-/t13-/m0/s1. The van der Waals surface area contributed by atoms with Crippen LogP contribution in [0.2, 0.25) is 0 Å². The second kappa shape index (κ2) is 6.38. The highest BCUT2D eigenvalue weighted by molar-refractivity contribution is 5.19. The molecule has 2 heteroatoms. The molecule has 1 aromatic carbocycles. The van der Waals surface area contributed by atoms with Crippen molar-refractivity contribution in [2.24, 2.45) is 0 Å². The van der Waals surface area contributed by atoms with E-state index in [1.165, 1.54) is 0 Å². The van der Waals surface area contributed by atoms with Crippen molar-refractivity contribution in [1.82, 2.24) is 0 Å². The minimum absolute atomic E-state index is 0.165. The number of rotatable bonds is 5. The van der Waals surface area contributed by atoms with Crippen molar-refractivity contribution >= 4 is 0 Å². The van der Waals surface area contributed by atoms with Gasteiger partial charge in [0.2, 0.25) is 0 Å². The van der Waals surface area contributed by atoms with E-state index in [-0.39, 0.29) is 6.61 Å². The Kier molecular flexibility index (Phi) is 5.08. The van der Waals surface area contributed by atoms with E-state index in [9.17, 15) is 5.11 Å². The van der Waals surface area contributed by atoms with Crippen molar-refractivity contribution in [3.8, 4) is 0 Å². The zero-order chi connectivity index (χ0) is 11.1. The average molecular weight is 206 g/mol. The summed E-state index contributed by atoms with van der Waals surface area (Å²) in [5.41, 5.74) is 2.05. The summed E-state index contributed by atoms with van der Waals surface area (Å²) < 4.78 is 0. The fourth-order valence-corrected chi connectivity index (χ4v) is 1.49. The fourth-order valence-electron chi connectivity index (χ4n) is 1.49. The first kappa shape index (κ1) is 12.0. The van der Waals surface area contributed by atoms with Gasteiger partial charge in [0.15, 0.2) is 0 Å². The Bertz CT molecular complexity index is 304. The molecule has 0 amide bonds. The van der Waals surface area contributed by atoms with Crippen molar-refractivity contribution in [3.05, 3.63) is 47.5 Å². The van der Waals surface area contributed by atoms with Gasteiger partial charge in [-0.3, -0.25) is 0 Å². The van der Waals surface area contributed by atoms with E-state index in [1.807, 2.05) is 43.3 Å². The summed E-state index contributed by atoms with van der Waals surface area (Å²) >= 11 is 0. The van der Waals surface area contributed by atoms with Gasteiger partial charge in [0.25, 0.3) is 0 Å². The number of hydrogen-bond donors (Lipinski definition) is 2. The van der Waals surface area contributed by atoms with Crippen molar-refractivity contribution < 1.29 is 10.2 Å². The predicted octanol–water partition coefficient (Wildman–Crippen LogP) is 2.44. The lowest BCUT2D eigenvalue weighted by Crippen LogP contribution is -1.97.